The molecule has 0 spiro atoms. The fourth-order valence-corrected chi connectivity index (χ4v) is 4.28. The van der Waals surface area contributed by atoms with Crippen molar-refractivity contribution >= 4 is 28.1 Å². The van der Waals surface area contributed by atoms with Gasteiger partial charge in [-0.15, -0.1) is 11.3 Å². The van der Waals surface area contributed by atoms with Crippen molar-refractivity contribution in [2.75, 3.05) is 22.9 Å². The van der Waals surface area contributed by atoms with E-state index < -0.39 is 0 Å². The Balaban J connectivity index is 1.39. The van der Waals surface area contributed by atoms with E-state index >= 15 is 0 Å². The van der Waals surface area contributed by atoms with Gasteiger partial charge < -0.3 is 4.90 Å². The summed E-state index contributed by atoms with van der Waals surface area (Å²) >= 11 is 1.52. The molecule has 7 nitrogen and oxygen atoms in total. The van der Waals surface area contributed by atoms with Gasteiger partial charge in [-0.1, -0.05) is 0 Å². The van der Waals surface area contributed by atoms with E-state index in [4.69, 9.17) is 0 Å². The third-order valence-electron chi connectivity index (χ3n) is 4.87. The molecule has 0 N–H and O–H groups in total. The summed E-state index contributed by atoms with van der Waals surface area (Å²) in [7, 11) is 0. The summed E-state index contributed by atoms with van der Waals surface area (Å²) in [6.45, 7) is 4.62. The second-order valence-corrected chi connectivity index (χ2v) is 7.84. The molecule has 0 radical (unpaired) electrons. The number of pyridine rings is 1. The van der Waals surface area contributed by atoms with Gasteiger partial charge in [-0.05, 0) is 31.9 Å². The summed E-state index contributed by atoms with van der Waals surface area (Å²) in [4.78, 5) is 25.5. The molecular formula is C18H18N6OS. The minimum absolute atomic E-state index is 0.0657. The number of carbonyl (C=O) groups is 1. The van der Waals surface area contributed by atoms with Crippen molar-refractivity contribution in [1.82, 2.24) is 19.7 Å². The fourth-order valence-electron chi connectivity index (χ4n) is 3.51. The van der Waals surface area contributed by atoms with Crippen LogP contribution < -0.4 is 9.80 Å². The molecule has 0 bridgehead atoms. The molecule has 1 fully saturated rings. The summed E-state index contributed by atoms with van der Waals surface area (Å²) in [5.41, 5.74) is 2.32. The molecule has 1 amide bonds. The van der Waals surface area contributed by atoms with E-state index in [-0.39, 0.29) is 5.91 Å². The highest BCUT2D eigenvalue weighted by Gasteiger charge is 2.33. The molecule has 26 heavy (non-hydrogen) atoms. The number of nitrogens with zero attached hydrogens (tertiary/aromatic N) is 6. The van der Waals surface area contributed by atoms with E-state index in [0.29, 0.717) is 12.2 Å². The molecule has 5 heterocycles. The van der Waals surface area contributed by atoms with Crippen molar-refractivity contribution in [1.29, 1.82) is 0 Å². The van der Waals surface area contributed by atoms with Crippen LogP contribution in [0.15, 0.2) is 30.7 Å². The van der Waals surface area contributed by atoms with Crippen LogP contribution in [0.2, 0.25) is 0 Å². The predicted molar refractivity (Wildman–Crippen MR) is 100 cm³/mol. The van der Waals surface area contributed by atoms with Crippen LogP contribution in [0.1, 0.15) is 33.9 Å². The SMILES string of the molecule is Cc1ncc(N2Cc3cn(-c4ccc(N5CCCC5)nc4)nc3C2=O)s1. The number of hydrogen-bond acceptors (Lipinski definition) is 6. The molecule has 0 aliphatic carbocycles. The number of aryl methyl sites for hydroxylation is 1. The van der Waals surface area contributed by atoms with E-state index in [0.717, 1.165) is 40.2 Å². The average Bonchev–Trinajstić information content (AvgIpc) is 3.41. The van der Waals surface area contributed by atoms with E-state index in [2.05, 4.69) is 20.0 Å². The number of carbonyl (C=O) groups excluding carboxylic acids is 1. The number of hydrogen-bond donors (Lipinski definition) is 0. The van der Waals surface area contributed by atoms with E-state index in [1.165, 1.54) is 24.2 Å². The van der Waals surface area contributed by atoms with Crippen LogP contribution in [0, 0.1) is 6.92 Å². The fraction of sp³-hybridized carbons (Fsp3) is 0.333. The molecule has 1 saturated heterocycles. The maximum atomic E-state index is 12.7. The maximum Gasteiger partial charge on any atom is 0.280 e. The Hall–Kier alpha value is -2.74. The normalized spacial score (nSPS) is 16.6. The maximum absolute atomic E-state index is 12.7. The van der Waals surface area contributed by atoms with Gasteiger partial charge in [-0.25, -0.2) is 14.6 Å². The van der Waals surface area contributed by atoms with Crippen molar-refractivity contribution in [2.45, 2.75) is 26.3 Å². The molecule has 132 valence electrons. The second-order valence-electron chi connectivity index (χ2n) is 6.63. The first-order valence-electron chi connectivity index (χ1n) is 8.73. The lowest BCUT2D eigenvalue weighted by Gasteiger charge is -2.16. The van der Waals surface area contributed by atoms with Gasteiger partial charge in [-0.3, -0.25) is 9.69 Å². The molecule has 8 heteroatoms. The molecule has 5 rings (SSSR count). The highest BCUT2D eigenvalue weighted by Crippen LogP contribution is 2.32. The highest BCUT2D eigenvalue weighted by atomic mass is 32.1. The molecule has 3 aromatic rings. The smallest absolute Gasteiger partial charge is 0.280 e. The lowest BCUT2D eigenvalue weighted by Crippen LogP contribution is -2.23. The number of anilines is 2. The van der Waals surface area contributed by atoms with Gasteiger partial charge in [-0.2, -0.15) is 5.10 Å². The predicted octanol–water partition coefficient (Wildman–Crippen LogP) is 2.79. The first-order chi connectivity index (χ1) is 12.7. The average molecular weight is 366 g/mol. The van der Waals surface area contributed by atoms with E-state index in [1.54, 1.807) is 15.8 Å². The van der Waals surface area contributed by atoms with Crippen LogP contribution in [0.3, 0.4) is 0 Å². The van der Waals surface area contributed by atoms with Gasteiger partial charge in [0.05, 0.1) is 29.6 Å². The molecule has 3 aromatic heterocycles. The topological polar surface area (TPSA) is 67.2 Å². The molecule has 2 aliphatic heterocycles. The summed E-state index contributed by atoms with van der Waals surface area (Å²) in [6, 6.07) is 4.04. The van der Waals surface area contributed by atoms with Gasteiger partial charge in [0.25, 0.3) is 5.91 Å². The number of rotatable bonds is 3. The van der Waals surface area contributed by atoms with Crippen molar-refractivity contribution in [2.24, 2.45) is 0 Å². The van der Waals surface area contributed by atoms with Crippen LogP contribution in [0.4, 0.5) is 10.8 Å². The van der Waals surface area contributed by atoms with Gasteiger partial charge in [0.2, 0.25) is 0 Å². The number of fused-ring (bicyclic) bond motifs is 1. The van der Waals surface area contributed by atoms with Crippen molar-refractivity contribution in [3.63, 3.8) is 0 Å². The second kappa shape index (κ2) is 5.91. The summed E-state index contributed by atoms with van der Waals surface area (Å²) < 4.78 is 1.75. The minimum atomic E-state index is -0.0657. The largest absolute Gasteiger partial charge is 0.357 e. The van der Waals surface area contributed by atoms with Gasteiger partial charge in [0.15, 0.2) is 5.69 Å². The zero-order valence-electron chi connectivity index (χ0n) is 14.4. The van der Waals surface area contributed by atoms with Gasteiger partial charge in [0, 0.05) is 24.8 Å². The molecule has 0 atom stereocenters. The third kappa shape index (κ3) is 2.48. The Kier molecular flexibility index (Phi) is 3.53. The number of thiazole rings is 1. The minimum Gasteiger partial charge on any atom is -0.357 e. The van der Waals surface area contributed by atoms with Crippen LogP contribution in [0.25, 0.3) is 5.69 Å². The number of amides is 1. The standard InChI is InChI=1S/C18H18N6OS/c1-12-19-9-16(26-12)23-10-13-11-24(21-17(13)18(23)25)14-4-5-15(20-8-14)22-6-2-3-7-22/h4-5,8-9,11H,2-3,6-7,10H2,1H3. The highest BCUT2D eigenvalue weighted by molar-refractivity contribution is 7.15. The van der Waals surface area contributed by atoms with Crippen molar-refractivity contribution in [3.8, 4) is 5.69 Å². The zero-order chi connectivity index (χ0) is 17.7. The van der Waals surface area contributed by atoms with Crippen molar-refractivity contribution < 1.29 is 4.79 Å². The van der Waals surface area contributed by atoms with Gasteiger partial charge in [0.1, 0.15) is 10.8 Å². The van der Waals surface area contributed by atoms with Crippen LogP contribution in [0.5, 0.6) is 0 Å². The third-order valence-corrected chi connectivity index (χ3v) is 5.80. The summed E-state index contributed by atoms with van der Waals surface area (Å²) in [5, 5.41) is 6.33. The van der Waals surface area contributed by atoms with E-state index in [9.17, 15) is 4.79 Å². The monoisotopic (exact) mass is 366 g/mol. The molecule has 0 saturated carbocycles. The van der Waals surface area contributed by atoms with Gasteiger partial charge >= 0.3 is 0 Å². The molecule has 0 aromatic carbocycles. The zero-order valence-corrected chi connectivity index (χ0v) is 15.2. The van der Waals surface area contributed by atoms with Crippen LogP contribution in [-0.2, 0) is 6.54 Å². The Morgan fingerprint density at radius 2 is 1.96 bits per heavy atom. The Labute approximate surface area is 154 Å². The lowest BCUT2D eigenvalue weighted by molar-refractivity contribution is 0.0992. The van der Waals surface area contributed by atoms with Crippen LogP contribution in [-0.4, -0.2) is 38.7 Å². The first-order valence-corrected chi connectivity index (χ1v) is 9.55. The van der Waals surface area contributed by atoms with Crippen molar-refractivity contribution in [3.05, 3.63) is 47.0 Å². The van der Waals surface area contributed by atoms with Crippen LogP contribution >= 0.6 is 11.3 Å². The lowest BCUT2D eigenvalue weighted by atomic mass is 10.3. The number of aromatic nitrogens is 4. The molecular weight excluding hydrogens is 348 g/mol. The first kappa shape index (κ1) is 15.5. The Morgan fingerprint density at radius 1 is 1.12 bits per heavy atom. The quantitative estimate of drug-likeness (QED) is 0.713. The molecule has 2 aliphatic rings. The summed E-state index contributed by atoms with van der Waals surface area (Å²) in [6.07, 6.45) is 7.96. The Morgan fingerprint density at radius 3 is 2.62 bits per heavy atom. The Bertz CT molecular complexity index is 970. The molecule has 0 unspecified atom stereocenters. The van der Waals surface area contributed by atoms with E-state index in [1.807, 2.05) is 31.5 Å². The summed E-state index contributed by atoms with van der Waals surface area (Å²) in [5.74, 6) is 0.942.